The van der Waals surface area contributed by atoms with E-state index in [9.17, 15) is 4.79 Å². The Morgan fingerprint density at radius 1 is 1.14 bits per heavy atom. The van der Waals surface area contributed by atoms with Gasteiger partial charge in [0, 0.05) is 50.6 Å². The molecule has 37 heavy (non-hydrogen) atoms. The summed E-state index contributed by atoms with van der Waals surface area (Å²) in [4.78, 5) is 31.7. The molecule has 0 radical (unpaired) electrons. The van der Waals surface area contributed by atoms with E-state index >= 15 is 0 Å². The van der Waals surface area contributed by atoms with Crippen LogP contribution in [0.3, 0.4) is 0 Å². The van der Waals surface area contributed by atoms with Gasteiger partial charge in [0.1, 0.15) is 12.1 Å². The zero-order valence-corrected chi connectivity index (χ0v) is 23.0. The largest absolute Gasteiger partial charge is 0.356 e. The third-order valence-corrected chi connectivity index (χ3v) is 7.93. The molecule has 0 spiro atoms. The van der Waals surface area contributed by atoms with E-state index < -0.39 is 0 Å². The van der Waals surface area contributed by atoms with Gasteiger partial charge in [0.2, 0.25) is 5.91 Å². The Morgan fingerprint density at radius 3 is 2.54 bits per heavy atom. The van der Waals surface area contributed by atoms with E-state index in [4.69, 9.17) is 4.98 Å². The topological polar surface area (TPSA) is 85.7 Å². The van der Waals surface area contributed by atoms with Gasteiger partial charge in [-0.05, 0) is 62.9 Å². The van der Waals surface area contributed by atoms with Crippen LogP contribution in [0.5, 0.6) is 0 Å². The van der Waals surface area contributed by atoms with Crippen molar-refractivity contribution in [2.75, 3.05) is 45.7 Å². The lowest BCUT2D eigenvalue weighted by atomic mass is 9.95. The number of carbonyl (C=O) groups excluding carboxylic acids is 1. The van der Waals surface area contributed by atoms with Crippen LogP contribution in [0.25, 0.3) is 27.9 Å². The number of piperidine rings is 1. The maximum absolute atomic E-state index is 12.1. The van der Waals surface area contributed by atoms with E-state index in [1.807, 2.05) is 18.6 Å². The van der Waals surface area contributed by atoms with Crippen LogP contribution in [0.15, 0.2) is 24.7 Å². The molecule has 1 aliphatic heterocycles. The second-order valence-electron chi connectivity index (χ2n) is 10.9. The molecular formula is C28H38N8O. The van der Waals surface area contributed by atoms with Gasteiger partial charge in [-0.2, -0.15) is 5.10 Å². The lowest BCUT2D eigenvalue weighted by molar-refractivity contribution is -0.130. The van der Waals surface area contributed by atoms with Crippen LogP contribution in [-0.4, -0.2) is 87.1 Å². The van der Waals surface area contributed by atoms with Crippen LogP contribution >= 0.6 is 0 Å². The van der Waals surface area contributed by atoms with Crippen molar-refractivity contribution in [3.05, 3.63) is 41.3 Å². The van der Waals surface area contributed by atoms with Crippen LogP contribution in [-0.2, 0) is 4.79 Å². The lowest BCUT2D eigenvalue weighted by Crippen LogP contribution is -2.46. The second-order valence-corrected chi connectivity index (χ2v) is 10.9. The van der Waals surface area contributed by atoms with Crippen molar-refractivity contribution in [1.82, 2.24) is 34.4 Å². The number of nitrogens with one attached hydrogen (secondary N) is 1. The molecule has 9 nitrogen and oxygen atoms in total. The molecule has 0 saturated carbocycles. The molecule has 196 valence electrons. The molecule has 1 fully saturated rings. The number of fused-ring (bicyclic) bond motifs is 2. The van der Waals surface area contributed by atoms with Gasteiger partial charge in [-0.3, -0.25) is 9.69 Å². The first-order valence-electron chi connectivity index (χ1n) is 13.1. The number of likely N-dealkylation sites (N-methyl/N-ethyl adjacent to an activating group) is 2. The van der Waals surface area contributed by atoms with Crippen molar-refractivity contribution < 1.29 is 4.79 Å². The summed E-state index contributed by atoms with van der Waals surface area (Å²) in [5.41, 5.74) is 8.79. The van der Waals surface area contributed by atoms with Crippen molar-refractivity contribution in [2.24, 2.45) is 0 Å². The summed E-state index contributed by atoms with van der Waals surface area (Å²) in [6, 6.07) is 4.70. The monoisotopic (exact) mass is 502 g/mol. The number of amides is 1. The quantitative estimate of drug-likeness (QED) is 0.429. The maximum Gasteiger partial charge on any atom is 0.236 e. The van der Waals surface area contributed by atoms with Crippen molar-refractivity contribution in [1.29, 1.82) is 0 Å². The molecular weight excluding hydrogens is 464 g/mol. The molecule has 0 bridgehead atoms. The summed E-state index contributed by atoms with van der Waals surface area (Å²) < 4.78 is 1.86. The minimum atomic E-state index is 0.148. The van der Waals surface area contributed by atoms with Crippen molar-refractivity contribution in [3.8, 4) is 11.3 Å². The smallest absolute Gasteiger partial charge is 0.236 e. The Morgan fingerprint density at radius 2 is 1.86 bits per heavy atom. The number of H-pyrrole nitrogens is 1. The SMILES string of the molecule is Cc1c(-c2[nH]c3ccc(N4CCC(N(C)CC(=O)N(C)C)CC4)nc3c2C(C)C)cn2ncnc2c1C. The number of aromatic nitrogens is 5. The van der Waals surface area contributed by atoms with Crippen LogP contribution in [0.4, 0.5) is 5.82 Å². The summed E-state index contributed by atoms with van der Waals surface area (Å²) in [5.74, 6) is 1.46. The minimum Gasteiger partial charge on any atom is -0.356 e. The number of hydrogen-bond acceptors (Lipinski definition) is 6. The van der Waals surface area contributed by atoms with Crippen LogP contribution in [0.2, 0.25) is 0 Å². The summed E-state index contributed by atoms with van der Waals surface area (Å²) in [6.07, 6.45) is 5.71. The zero-order valence-electron chi connectivity index (χ0n) is 23.0. The van der Waals surface area contributed by atoms with Gasteiger partial charge in [0.05, 0.1) is 23.3 Å². The summed E-state index contributed by atoms with van der Waals surface area (Å²) >= 11 is 0. The summed E-state index contributed by atoms with van der Waals surface area (Å²) in [7, 11) is 5.68. The Kier molecular flexibility index (Phi) is 6.66. The van der Waals surface area contributed by atoms with Crippen LogP contribution in [0, 0.1) is 13.8 Å². The number of aryl methyl sites for hydroxylation is 1. The standard InChI is InChI=1S/C28H38N8O/c1-17(2)25-26(21-14-36-28(29-16-30-36)19(4)18(21)3)31-22-8-9-23(32-27(22)25)35-12-10-20(11-13-35)34(7)15-24(37)33(5)6/h8-9,14,16-17,20,31H,10-13,15H2,1-7H3. The molecule has 1 aliphatic rings. The Balaban J connectivity index is 1.44. The number of pyridine rings is 2. The second kappa shape index (κ2) is 9.78. The Labute approximate surface area is 218 Å². The predicted molar refractivity (Wildman–Crippen MR) is 148 cm³/mol. The van der Waals surface area contributed by atoms with E-state index in [1.165, 1.54) is 11.1 Å². The first-order valence-corrected chi connectivity index (χ1v) is 13.1. The number of hydrogen-bond donors (Lipinski definition) is 1. The van der Waals surface area contributed by atoms with Gasteiger partial charge in [0.25, 0.3) is 0 Å². The third-order valence-electron chi connectivity index (χ3n) is 7.93. The molecule has 9 heteroatoms. The number of nitrogens with zero attached hydrogens (tertiary/aromatic N) is 7. The summed E-state index contributed by atoms with van der Waals surface area (Å²) in [5, 5.41) is 4.40. The molecule has 1 N–H and O–H groups in total. The number of rotatable bonds is 6. The van der Waals surface area contributed by atoms with E-state index in [0.29, 0.717) is 18.5 Å². The molecule has 1 amide bonds. The summed E-state index contributed by atoms with van der Waals surface area (Å²) in [6.45, 7) is 11.0. The van der Waals surface area contributed by atoms with Crippen molar-refractivity contribution in [2.45, 2.75) is 52.5 Å². The molecule has 4 aromatic heterocycles. The zero-order chi connectivity index (χ0) is 26.4. The molecule has 0 aliphatic carbocycles. The van der Waals surface area contributed by atoms with Gasteiger partial charge in [-0.1, -0.05) is 13.8 Å². The highest BCUT2D eigenvalue weighted by molar-refractivity contribution is 5.90. The minimum absolute atomic E-state index is 0.148. The number of aromatic amines is 1. The van der Waals surface area contributed by atoms with E-state index in [2.05, 4.69) is 77.9 Å². The van der Waals surface area contributed by atoms with Gasteiger partial charge in [0.15, 0.2) is 5.65 Å². The molecule has 0 unspecified atom stereocenters. The highest BCUT2D eigenvalue weighted by Gasteiger charge is 2.26. The lowest BCUT2D eigenvalue weighted by Gasteiger charge is -2.37. The maximum atomic E-state index is 12.1. The highest BCUT2D eigenvalue weighted by atomic mass is 16.2. The Bertz CT molecular complexity index is 1440. The fourth-order valence-corrected chi connectivity index (χ4v) is 5.50. The fourth-order valence-electron chi connectivity index (χ4n) is 5.50. The van der Waals surface area contributed by atoms with Crippen molar-refractivity contribution >= 4 is 28.4 Å². The fraction of sp³-hybridized carbons (Fsp3) is 0.500. The Hall–Kier alpha value is -3.46. The molecule has 4 aromatic rings. The van der Waals surface area contributed by atoms with Crippen LogP contribution < -0.4 is 4.90 Å². The molecule has 5 heterocycles. The highest BCUT2D eigenvalue weighted by Crippen LogP contribution is 2.38. The van der Waals surface area contributed by atoms with Gasteiger partial charge < -0.3 is 14.8 Å². The van der Waals surface area contributed by atoms with Gasteiger partial charge >= 0.3 is 0 Å². The normalized spacial score (nSPS) is 15.0. The van der Waals surface area contributed by atoms with Crippen molar-refractivity contribution in [3.63, 3.8) is 0 Å². The van der Waals surface area contributed by atoms with Crippen LogP contribution in [0.1, 0.15) is 49.3 Å². The molecule has 0 atom stereocenters. The van der Waals surface area contributed by atoms with E-state index in [0.717, 1.165) is 65.3 Å². The number of anilines is 1. The third kappa shape index (κ3) is 4.56. The first kappa shape index (κ1) is 25.2. The molecule has 0 aromatic carbocycles. The average Bonchev–Trinajstić information content (AvgIpc) is 3.50. The predicted octanol–water partition coefficient (Wildman–Crippen LogP) is 4.00. The molecule has 1 saturated heterocycles. The average molecular weight is 503 g/mol. The first-order chi connectivity index (χ1) is 17.7. The van der Waals surface area contributed by atoms with Gasteiger partial charge in [-0.15, -0.1) is 0 Å². The van der Waals surface area contributed by atoms with Gasteiger partial charge in [-0.25, -0.2) is 14.5 Å². The number of carbonyl (C=O) groups is 1. The molecule has 5 rings (SSSR count). The van der Waals surface area contributed by atoms with E-state index in [-0.39, 0.29) is 5.91 Å². The van der Waals surface area contributed by atoms with E-state index in [1.54, 1.807) is 11.2 Å².